The van der Waals surface area contributed by atoms with Crippen molar-refractivity contribution in [1.29, 1.82) is 0 Å². The number of thiazole rings is 1. The van der Waals surface area contributed by atoms with E-state index in [1.165, 1.54) is 34.8 Å². The number of aromatic nitrogens is 1. The van der Waals surface area contributed by atoms with Crippen LogP contribution in [0.3, 0.4) is 0 Å². The zero-order chi connectivity index (χ0) is 15.0. The van der Waals surface area contributed by atoms with E-state index in [-0.39, 0.29) is 11.7 Å². The fraction of sp³-hybridized carbons (Fsp3) is 0.143. The van der Waals surface area contributed by atoms with Crippen LogP contribution in [0.2, 0.25) is 0 Å². The summed E-state index contributed by atoms with van der Waals surface area (Å²) in [5.41, 5.74) is 0.891. The van der Waals surface area contributed by atoms with Crippen molar-refractivity contribution in [3.05, 3.63) is 49.6 Å². The molecule has 0 aliphatic carbocycles. The zero-order valence-electron chi connectivity index (χ0n) is 11.0. The number of hydrogen-bond acceptors (Lipinski definition) is 3. The monoisotopic (exact) mass is 384 g/mol. The van der Waals surface area contributed by atoms with Gasteiger partial charge in [0.1, 0.15) is 5.82 Å². The van der Waals surface area contributed by atoms with Gasteiger partial charge in [-0.2, -0.15) is 4.99 Å². The number of halogens is 2. The number of thiophene rings is 1. The van der Waals surface area contributed by atoms with Gasteiger partial charge in [-0.25, -0.2) is 4.39 Å². The highest BCUT2D eigenvalue weighted by Gasteiger charge is 2.10. The number of carbonyl (C=O) groups excluding carboxylic acids is 1. The molecule has 1 aromatic carbocycles. The summed E-state index contributed by atoms with van der Waals surface area (Å²) < 4.78 is 16.9. The van der Waals surface area contributed by atoms with Crippen LogP contribution in [-0.2, 0) is 6.54 Å². The third kappa shape index (κ3) is 2.86. The van der Waals surface area contributed by atoms with Crippen LogP contribution in [0.5, 0.6) is 0 Å². The average molecular weight is 385 g/mol. The standard InChI is InChI=1S/C14H10BrFN2OS2/c1-2-18-9-4-3-8(16)7-11(9)21-14(18)17-13(19)10-5-6-12(15)20-10/h3-7H,2H2,1H3. The number of rotatable bonds is 2. The summed E-state index contributed by atoms with van der Waals surface area (Å²) in [6.07, 6.45) is 0. The lowest BCUT2D eigenvalue weighted by Gasteiger charge is -1.99. The molecule has 0 fully saturated rings. The number of aryl methyl sites for hydroxylation is 1. The van der Waals surface area contributed by atoms with Gasteiger partial charge in [0, 0.05) is 6.54 Å². The molecule has 3 rings (SSSR count). The van der Waals surface area contributed by atoms with Crippen LogP contribution in [-0.4, -0.2) is 10.5 Å². The second kappa shape index (κ2) is 5.82. The van der Waals surface area contributed by atoms with Crippen LogP contribution in [0, 0.1) is 5.82 Å². The molecule has 0 atom stereocenters. The summed E-state index contributed by atoms with van der Waals surface area (Å²) in [6.45, 7) is 2.65. The first-order chi connectivity index (χ1) is 10.1. The van der Waals surface area contributed by atoms with Gasteiger partial charge < -0.3 is 4.57 Å². The van der Waals surface area contributed by atoms with Crippen molar-refractivity contribution in [2.75, 3.05) is 0 Å². The molecular formula is C14H10BrFN2OS2. The summed E-state index contributed by atoms with van der Waals surface area (Å²) in [5, 5.41) is 0. The number of benzene rings is 1. The average Bonchev–Trinajstić information content (AvgIpc) is 3.01. The number of amides is 1. The molecule has 0 saturated heterocycles. The van der Waals surface area contributed by atoms with Gasteiger partial charge >= 0.3 is 0 Å². The van der Waals surface area contributed by atoms with Crippen LogP contribution in [0.25, 0.3) is 10.2 Å². The van der Waals surface area contributed by atoms with E-state index in [0.717, 1.165) is 14.0 Å². The Morgan fingerprint density at radius 2 is 2.14 bits per heavy atom. The van der Waals surface area contributed by atoms with Crippen molar-refractivity contribution in [1.82, 2.24) is 4.57 Å². The van der Waals surface area contributed by atoms with Crippen LogP contribution in [0.1, 0.15) is 16.6 Å². The third-order valence-corrected chi connectivity index (χ3v) is 5.59. The lowest BCUT2D eigenvalue weighted by molar-refractivity contribution is 0.100. The Balaban J connectivity index is 2.15. The molecule has 0 spiro atoms. The summed E-state index contributed by atoms with van der Waals surface area (Å²) in [5.74, 6) is -0.563. The van der Waals surface area contributed by atoms with E-state index in [1.807, 2.05) is 17.6 Å². The molecule has 2 aromatic heterocycles. The van der Waals surface area contributed by atoms with Crippen molar-refractivity contribution in [2.45, 2.75) is 13.5 Å². The first kappa shape index (κ1) is 14.6. The predicted molar refractivity (Wildman–Crippen MR) is 87.4 cm³/mol. The lowest BCUT2D eigenvalue weighted by atomic mass is 10.3. The number of nitrogens with zero attached hydrogens (tertiary/aromatic N) is 2. The van der Waals surface area contributed by atoms with E-state index < -0.39 is 0 Å². The summed E-state index contributed by atoms with van der Waals surface area (Å²) in [7, 11) is 0. The minimum Gasteiger partial charge on any atom is -0.317 e. The Morgan fingerprint density at radius 1 is 1.33 bits per heavy atom. The van der Waals surface area contributed by atoms with Crippen LogP contribution in [0.4, 0.5) is 4.39 Å². The molecule has 0 saturated carbocycles. The maximum Gasteiger partial charge on any atom is 0.289 e. The van der Waals surface area contributed by atoms with E-state index in [9.17, 15) is 9.18 Å². The molecule has 0 N–H and O–H groups in total. The Hall–Kier alpha value is -1.31. The van der Waals surface area contributed by atoms with E-state index in [2.05, 4.69) is 20.9 Å². The van der Waals surface area contributed by atoms with Gasteiger partial charge in [0.25, 0.3) is 5.91 Å². The quantitative estimate of drug-likeness (QED) is 0.643. The van der Waals surface area contributed by atoms with E-state index in [1.54, 1.807) is 12.1 Å². The molecule has 3 aromatic rings. The van der Waals surface area contributed by atoms with Crippen molar-refractivity contribution in [3.8, 4) is 0 Å². The van der Waals surface area contributed by atoms with Gasteiger partial charge in [0.2, 0.25) is 0 Å². The van der Waals surface area contributed by atoms with E-state index in [4.69, 9.17) is 0 Å². The maximum atomic E-state index is 13.3. The van der Waals surface area contributed by atoms with Crippen LogP contribution in [0.15, 0.2) is 39.1 Å². The molecular weight excluding hydrogens is 375 g/mol. The highest BCUT2D eigenvalue weighted by atomic mass is 79.9. The number of hydrogen-bond donors (Lipinski definition) is 0. The molecule has 0 aliphatic rings. The largest absolute Gasteiger partial charge is 0.317 e. The zero-order valence-corrected chi connectivity index (χ0v) is 14.2. The van der Waals surface area contributed by atoms with Crippen LogP contribution >= 0.6 is 38.6 Å². The minimum atomic E-state index is -0.285. The highest BCUT2D eigenvalue weighted by Crippen LogP contribution is 2.23. The number of carbonyl (C=O) groups is 1. The van der Waals surface area contributed by atoms with Gasteiger partial charge in [0.15, 0.2) is 4.80 Å². The lowest BCUT2D eigenvalue weighted by Crippen LogP contribution is -2.15. The van der Waals surface area contributed by atoms with Crippen molar-refractivity contribution in [3.63, 3.8) is 0 Å². The van der Waals surface area contributed by atoms with Crippen molar-refractivity contribution >= 4 is 54.7 Å². The molecule has 0 radical (unpaired) electrons. The Morgan fingerprint density at radius 3 is 2.81 bits per heavy atom. The van der Waals surface area contributed by atoms with Gasteiger partial charge in [-0.1, -0.05) is 11.3 Å². The molecule has 1 amide bonds. The fourth-order valence-corrected chi connectivity index (χ4v) is 4.40. The van der Waals surface area contributed by atoms with E-state index >= 15 is 0 Å². The molecule has 0 aliphatic heterocycles. The van der Waals surface area contributed by atoms with Gasteiger partial charge in [0.05, 0.1) is 18.9 Å². The highest BCUT2D eigenvalue weighted by molar-refractivity contribution is 9.11. The van der Waals surface area contributed by atoms with Gasteiger partial charge in [-0.3, -0.25) is 4.79 Å². The SMILES string of the molecule is CCn1c(=NC(=O)c2ccc(Br)s2)sc2cc(F)ccc21. The van der Waals surface area contributed by atoms with Gasteiger partial charge in [-0.15, -0.1) is 11.3 Å². The maximum absolute atomic E-state index is 13.3. The molecule has 2 heterocycles. The second-order valence-electron chi connectivity index (χ2n) is 4.26. The first-order valence-corrected chi connectivity index (χ1v) is 8.64. The topological polar surface area (TPSA) is 34.4 Å². The summed E-state index contributed by atoms with van der Waals surface area (Å²) in [6, 6.07) is 8.17. The Bertz CT molecular complexity index is 894. The molecule has 3 nitrogen and oxygen atoms in total. The normalized spacial score (nSPS) is 12.2. The molecule has 21 heavy (non-hydrogen) atoms. The van der Waals surface area contributed by atoms with Crippen molar-refractivity contribution in [2.24, 2.45) is 4.99 Å². The first-order valence-electron chi connectivity index (χ1n) is 6.22. The number of fused-ring (bicyclic) bond motifs is 1. The Labute approximate surface area is 136 Å². The second-order valence-corrected chi connectivity index (χ2v) is 7.73. The molecule has 108 valence electrons. The fourth-order valence-electron chi connectivity index (χ4n) is 2.01. The third-order valence-electron chi connectivity index (χ3n) is 2.94. The molecule has 0 bridgehead atoms. The Kier molecular flexibility index (Phi) is 4.05. The molecule has 7 heteroatoms. The summed E-state index contributed by atoms with van der Waals surface area (Å²) in [4.78, 5) is 17.5. The predicted octanol–water partition coefficient (Wildman–Crippen LogP) is 4.43. The van der Waals surface area contributed by atoms with Crippen molar-refractivity contribution < 1.29 is 9.18 Å². The summed E-state index contributed by atoms with van der Waals surface area (Å²) >= 11 is 6.00. The van der Waals surface area contributed by atoms with E-state index in [0.29, 0.717) is 16.2 Å². The van der Waals surface area contributed by atoms with Crippen LogP contribution < -0.4 is 4.80 Å². The molecule has 0 unspecified atom stereocenters. The smallest absolute Gasteiger partial charge is 0.289 e. The minimum absolute atomic E-state index is 0.278. The van der Waals surface area contributed by atoms with Gasteiger partial charge in [-0.05, 0) is 53.2 Å².